The van der Waals surface area contributed by atoms with E-state index in [9.17, 15) is 4.79 Å². The van der Waals surface area contributed by atoms with Gasteiger partial charge in [0.1, 0.15) is 11.5 Å². The summed E-state index contributed by atoms with van der Waals surface area (Å²) in [5.74, 6) is 0.531. The number of rotatable bonds is 4. The highest BCUT2D eigenvalue weighted by molar-refractivity contribution is 5.92. The number of nitrogens with one attached hydrogen (secondary N) is 2. The molecule has 1 amide bonds. The first-order chi connectivity index (χ1) is 8.79. The van der Waals surface area contributed by atoms with Gasteiger partial charge in [-0.2, -0.15) is 0 Å². The number of hydrogen-bond donors (Lipinski definition) is 2. The topological polar surface area (TPSA) is 66.9 Å². The van der Waals surface area contributed by atoms with Crippen LogP contribution in [-0.4, -0.2) is 28.5 Å². The normalized spacial score (nSPS) is 16.3. The summed E-state index contributed by atoms with van der Waals surface area (Å²) < 4.78 is 0. The number of aromatic nitrogens is 2. The zero-order chi connectivity index (χ0) is 12.8. The number of anilines is 1. The molecule has 0 aliphatic heterocycles. The summed E-state index contributed by atoms with van der Waals surface area (Å²) in [4.78, 5) is 20.3. The maximum absolute atomic E-state index is 12.0. The van der Waals surface area contributed by atoms with Gasteiger partial charge in [-0.25, -0.2) is 4.98 Å². The number of nitrogens with zero attached hydrogens (tertiary/aromatic N) is 2. The van der Waals surface area contributed by atoms with Gasteiger partial charge in [0.05, 0.1) is 12.4 Å². The highest BCUT2D eigenvalue weighted by Crippen LogP contribution is 2.17. The first kappa shape index (κ1) is 12.8. The highest BCUT2D eigenvalue weighted by Gasteiger charge is 2.17. The molecule has 0 aromatic carbocycles. The van der Waals surface area contributed by atoms with Gasteiger partial charge in [0.2, 0.25) is 0 Å². The minimum absolute atomic E-state index is 0.117. The van der Waals surface area contributed by atoms with E-state index in [1.54, 1.807) is 6.20 Å². The van der Waals surface area contributed by atoms with Crippen molar-refractivity contribution < 1.29 is 4.79 Å². The molecule has 0 unspecified atom stereocenters. The smallest absolute Gasteiger partial charge is 0.271 e. The van der Waals surface area contributed by atoms with Crippen molar-refractivity contribution >= 4 is 11.7 Å². The van der Waals surface area contributed by atoms with Crippen LogP contribution in [0.25, 0.3) is 0 Å². The lowest BCUT2D eigenvalue weighted by molar-refractivity contribution is 0.0922. The summed E-state index contributed by atoms with van der Waals surface area (Å²) in [5.41, 5.74) is 0.388. The molecule has 2 N–H and O–H groups in total. The summed E-state index contributed by atoms with van der Waals surface area (Å²) in [6, 6.07) is 0.302. The number of hydrogen-bond acceptors (Lipinski definition) is 4. The third-order valence-electron chi connectivity index (χ3n) is 3.17. The van der Waals surface area contributed by atoms with Crippen LogP contribution in [0, 0.1) is 0 Å². The molecule has 0 radical (unpaired) electrons. The van der Waals surface area contributed by atoms with Crippen LogP contribution < -0.4 is 10.6 Å². The molecule has 1 aromatic heterocycles. The van der Waals surface area contributed by atoms with Crippen LogP contribution in [-0.2, 0) is 0 Å². The molecule has 1 aliphatic carbocycles. The van der Waals surface area contributed by atoms with Crippen molar-refractivity contribution in [3.63, 3.8) is 0 Å². The van der Waals surface area contributed by atoms with Gasteiger partial charge in [0.25, 0.3) is 5.91 Å². The quantitative estimate of drug-likeness (QED) is 0.855. The molecule has 0 atom stereocenters. The van der Waals surface area contributed by atoms with Gasteiger partial charge >= 0.3 is 0 Å². The van der Waals surface area contributed by atoms with Gasteiger partial charge in [-0.15, -0.1) is 0 Å². The maximum atomic E-state index is 12.0. The van der Waals surface area contributed by atoms with E-state index in [-0.39, 0.29) is 5.91 Å². The van der Waals surface area contributed by atoms with E-state index in [0.29, 0.717) is 17.6 Å². The lowest BCUT2D eigenvalue weighted by atomic mass is 9.95. The van der Waals surface area contributed by atoms with Crippen LogP contribution in [0.3, 0.4) is 0 Å². The van der Waals surface area contributed by atoms with Crippen molar-refractivity contribution in [2.45, 2.75) is 45.1 Å². The molecule has 5 nitrogen and oxygen atoms in total. The Kier molecular flexibility index (Phi) is 4.50. The Bertz CT molecular complexity index is 402. The monoisotopic (exact) mass is 248 g/mol. The summed E-state index contributed by atoms with van der Waals surface area (Å²) in [6.07, 6.45) is 8.97. The predicted octanol–water partition coefficient (Wildman–Crippen LogP) is 1.97. The number of carbonyl (C=O) groups excluding carboxylic acids is 1. The van der Waals surface area contributed by atoms with Gasteiger partial charge in [-0.05, 0) is 19.8 Å². The zero-order valence-electron chi connectivity index (χ0n) is 10.8. The molecule has 2 rings (SSSR count). The molecule has 0 spiro atoms. The lowest BCUT2D eigenvalue weighted by Crippen LogP contribution is -2.36. The standard InChI is InChI=1S/C13H20N4O/c1-2-15-12-9-14-8-11(17-12)13(18)16-10-6-4-3-5-7-10/h8-10H,2-7H2,1H3,(H,15,17)(H,16,18). The molecule has 5 heteroatoms. The second kappa shape index (κ2) is 6.33. The Morgan fingerprint density at radius 3 is 2.83 bits per heavy atom. The first-order valence-corrected chi connectivity index (χ1v) is 6.66. The van der Waals surface area contributed by atoms with E-state index < -0.39 is 0 Å². The van der Waals surface area contributed by atoms with Crippen LogP contribution in [0.4, 0.5) is 5.82 Å². The van der Waals surface area contributed by atoms with E-state index in [1.807, 2.05) is 6.92 Å². The molecule has 0 saturated heterocycles. The molecular formula is C13H20N4O. The van der Waals surface area contributed by atoms with E-state index in [0.717, 1.165) is 19.4 Å². The fourth-order valence-electron chi connectivity index (χ4n) is 2.25. The van der Waals surface area contributed by atoms with E-state index >= 15 is 0 Å². The third-order valence-corrected chi connectivity index (χ3v) is 3.17. The Morgan fingerprint density at radius 1 is 1.33 bits per heavy atom. The van der Waals surface area contributed by atoms with Crippen molar-refractivity contribution in [1.82, 2.24) is 15.3 Å². The van der Waals surface area contributed by atoms with Crippen LogP contribution in [0.1, 0.15) is 49.5 Å². The minimum Gasteiger partial charge on any atom is -0.369 e. The maximum Gasteiger partial charge on any atom is 0.271 e. The summed E-state index contributed by atoms with van der Waals surface area (Å²) in [6.45, 7) is 2.75. The van der Waals surface area contributed by atoms with Crippen LogP contribution in [0.2, 0.25) is 0 Å². The molecule has 0 bridgehead atoms. The molecule has 1 aliphatic rings. The molecule has 18 heavy (non-hydrogen) atoms. The van der Waals surface area contributed by atoms with Gasteiger partial charge < -0.3 is 10.6 Å². The molecule has 1 aromatic rings. The van der Waals surface area contributed by atoms with Crippen molar-refractivity contribution in [2.24, 2.45) is 0 Å². The highest BCUT2D eigenvalue weighted by atomic mass is 16.1. The van der Waals surface area contributed by atoms with E-state index in [4.69, 9.17) is 0 Å². The van der Waals surface area contributed by atoms with Gasteiger partial charge in [-0.3, -0.25) is 9.78 Å². The Hall–Kier alpha value is -1.65. The van der Waals surface area contributed by atoms with Crippen molar-refractivity contribution in [3.8, 4) is 0 Å². The van der Waals surface area contributed by atoms with E-state index in [1.165, 1.54) is 25.5 Å². The van der Waals surface area contributed by atoms with E-state index in [2.05, 4.69) is 20.6 Å². The molecule has 98 valence electrons. The van der Waals surface area contributed by atoms with Gasteiger partial charge in [0.15, 0.2) is 0 Å². The molecule has 1 fully saturated rings. The second-order valence-electron chi connectivity index (χ2n) is 4.63. The Balaban J connectivity index is 1.96. The third kappa shape index (κ3) is 3.42. The number of carbonyl (C=O) groups is 1. The fraction of sp³-hybridized carbons (Fsp3) is 0.615. The largest absolute Gasteiger partial charge is 0.369 e. The SMILES string of the molecule is CCNc1cncc(C(=O)NC2CCCCC2)n1. The predicted molar refractivity (Wildman–Crippen MR) is 70.5 cm³/mol. The van der Waals surface area contributed by atoms with Crippen molar-refractivity contribution in [1.29, 1.82) is 0 Å². The molecule has 1 heterocycles. The summed E-state index contributed by atoms with van der Waals surface area (Å²) >= 11 is 0. The summed E-state index contributed by atoms with van der Waals surface area (Å²) in [7, 11) is 0. The van der Waals surface area contributed by atoms with Crippen LogP contribution in [0.5, 0.6) is 0 Å². The average Bonchev–Trinajstić information content (AvgIpc) is 2.40. The average molecular weight is 248 g/mol. The molecule has 1 saturated carbocycles. The number of amides is 1. The lowest BCUT2D eigenvalue weighted by Gasteiger charge is -2.22. The van der Waals surface area contributed by atoms with Crippen molar-refractivity contribution in [3.05, 3.63) is 18.1 Å². The molecular weight excluding hydrogens is 228 g/mol. The van der Waals surface area contributed by atoms with Crippen LogP contribution in [0.15, 0.2) is 12.4 Å². The first-order valence-electron chi connectivity index (χ1n) is 6.66. The summed E-state index contributed by atoms with van der Waals surface area (Å²) in [5, 5.41) is 6.09. The Morgan fingerprint density at radius 2 is 2.11 bits per heavy atom. The second-order valence-corrected chi connectivity index (χ2v) is 4.63. The van der Waals surface area contributed by atoms with Crippen molar-refractivity contribution in [2.75, 3.05) is 11.9 Å². The fourth-order valence-corrected chi connectivity index (χ4v) is 2.25. The van der Waals surface area contributed by atoms with Gasteiger partial charge in [-0.1, -0.05) is 19.3 Å². The van der Waals surface area contributed by atoms with Gasteiger partial charge in [0, 0.05) is 12.6 Å². The minimum atomic E-state index is -0.117. The Labute approximate surface area is 107 Å². The zero-order valence-corrected chi connectivity index (χ0v) is 10.8. The van der Waals surface area contributed by atoms with Crippen LogP contribution >= 0.6 is 0 Å².